The third-order valence-electron chi connectivity index (χ3n) is 4.63. The van der Waals surface area contributed by atoms with Gasteiger partial charge in [0.15, 0.2) is 5.96 Å². The standard InChI is InChI=1S/C16H32N4S.HI/c1-16(2)13-20(11-12-21-16)15(17-3)18-9-10-19(4)14-7-5-6-8-14;/h14H,5-13H2,1-4H3,(H,17,18);1H. The van der Waals surface area contributed by atoms with Crippen molar-refractivity contribution in [1.29, 1.82) is 0 Å². The molecule has 1 N–H and O–H groups in total. The van der Waals surface area contributed by atoms with Crippen LogP contribution in [-0.4, -0.2) is 72.6 Å². The molecule has 2 fully saturated rings. The second kappa shape index (κ2) is 9.57. The Bertz CT molecular complexity index is 356. The van der Waals surface area contributed by atoms with Crippen LogP contribution < -0.4 is 5.32 Å². The zero-order valence-corrected chi connectivity index (χ0v) is 17.7. The third kappa shape index (κ3) is 6.07. The highest BCUT2D eigenvalue weighted by atomic mass is 127. The van der Waals surface area contributed by atoms with Gasteiger partial charge in [-0.15, -0.1) is 24.0 Å². The molecule has 0 unspecified atom stereocenters. The second-order valence-corrected chi connectivity index (χ2v) is 8.72. The fourth-order valence-corrected chi connectivity index (χ4v) is 4.51. The Morgan fingerprint density at radius 1 is 1.36 bits per heavy atom. The lowest BCUT2D eigenvalue weighted by molar-refractivity contribution is 0.248. The Morgan fingerprint density at radius 2 is 2.05 bits per heavy atom. The van der Waals surface area contributed by atoms with Gasteiger partial charge in [0.1, 0.15) is 0 Å². The molecule has 1 aliphatic carbocycles. The minimum atomic E-state index is 0. The fraction of sp³-hybridized carbons (Fsp3) is 0.938. The van der Waals surface area contributed by atoms with Crippen LogP contribution in [0, 0.1) is 0 Å². The Labute approximate surface area is 157 Å². The van der Waals surface area contributed by atoms with Gasteiger partial charge in [-0.05, 0) is 33.7 Å². The highest BCUT2D eigenvalue weighted by molar-refractivity contribution is 14.0. The lowest BCUT2D eigenvalue weighted by Gasteiger charge is -2.39. The highest BCUT2D eigenvalue weighted by Crippen LogP contribution is 2.29. The molecule has 0 spiro atoms. The maximum Gasteiger partial charge on any atom is 0.193 e. The quantitative estimate of drug-likeness (QED) is 0.414. The number of guanidine groups is 1. The number of aliphatic imine (C=N–C) groups is 1. The van der Waals surface area contributed by atoms with E-state index >= 15 is 0 Å². The number of likely N-dealkylation sites (N-methyl/N-ethyl adjacent to an activating group) is 1. The predicted octanol–water partition coefficient (Wildman–Crippen LogP) is 2.88. The van der Waals surface area contributed by atoms with Crippen LogP contribution in [-0.2, 0) is 0 Å². The number of nitrogens with zero attached hydrogens (tertiary/aromatic N) is 3. The van der Waals surface area contributed by atoms with Crippen LogP contribution in [0.15, 0.2) is 4.99 Å². The summed E-state index contributed by atoms with van der Waals surface area (Å²) in [5.41, 5.74) is 0. The van der Waals surface area contributed by atoms with Gasteiger partial charge in [0, 0.05) is 49.8 Å². The Hall–Kier alpha value is 0.310. The van der Waals surface area contributed by atoms with Crippen LogP contribution in [0.1, 0.15) is 39.5 Å². The Kier molecular flexibility index (Phi) is 8.85. The third-order valence-corrected chi connectivity index (χ3v) is 5.93. The molecule has 0 aromatic heterocycles. The van der Waals surface area contributed by atoms with Crippen LogP contribution in [0.25, 0.3) is 0 Å². The van der Waals surface area contributed by atoms with Crippen molar-refractivity contribution in [2.75, 3.05) is 46.0 Å². The molecule has 2 aliphatic rings. The molecule has 1 saturated heterocycles. The van der Waals surface area contributed by atoms with Gasteiger partial charge >= 0.3 is 0 Å². The van der Waals surface area contributed by atoms with Gasteiger partial charge in [-0.2, -0.15) is 11.8 Å². The first-order chi connectivity index (χ1) is 10.0. The van der Waals surface area contributed by atoms with E-state index in [4.69, 9.17) is 0 Å². The van der Waals surface area contributed by atoms with Gasteiger partial charge in [-0.25, -0.2) is 0 Å². The van der Waals surface area contributed by atoms with E-state index in [1.807, 2.05) is 7.05 Å². The summed E-state index contributed by atoms with van der Waals surface area (Å²) < 4.78 is 0.330. The molecular formula is C16H33IN4S. The number of thioether (sulfide) groups is 1. The molecule has 130 valence electrons. The molecule has 0 amide bonds. The van der Waals surface area contributed by atoms with Crippen molar-refractivity contribution in [2.24, 2.45) is 4.99 Å². The van der Waals surface area contributed by atoms with E-state index in [1.54, 1.807) is 0 Å². The monoisotopic (exact) mass is 440 g/mol. The van der Waals surface area contributed by atoms with E-state index in [9.17, 15) is 0 Å². The van der Waals surface area contributed by atoms with Crippen LogP contribution >= 0.6 is 35.7 Å². The van der Waals surface area contributed by atoms with Crippen molar-refractivity contribution in [1.82, 2.24) is 15.1 Å². The van der Waals surface area contributed by atoms with Crippen LogP contribution in [0.4, 0.5) is 0 Å². The molecule has 1 heterocycles. The molecule has 1 aliphatic heterocycles. The van der Waals surface area contributed by atoms with Gasteiger partial charge in [0.2, 0.25) is 0 Å². The minimum Gasteiger partial charge on any atom is -0.355 e. The van der Waals surface area contributed by atoms with Gasteiger partial charge < -0.3 is 15.1 Å². The highest BCUT2D eigenvalue weighted by Gasteiger charge is 2.28. The molecule has 0 atom stereocenters. The van der Waals surface area contributed by atoms with E-state index in [-0.39, 0.29) is 24.0 Å². The molecule has 0 bridgehead atoms. The molecule has 0 aromatic rings. The molecule has 6 heteroatoms. The molecule has 2 rings (SSSR count). The van der Waals surface area contributed by atoms with Crippen molar-refractivity contribution in [3.63, 3.8) is 0 Å². The Morgan fingerprint density at radius 3 is 2.64 bits per heavy atom. The summed E-state index contributed by atoms with van der Waals surface area (Å²) in [7, 11) is 4.17. The van der Waals surface area contributed by atoms with Crippen molar-refractivity contribution in [3.05, 3.63) is 0 Å². The summed E-state index contributed by atoms with van der Waals surface area (Å²) in [6.07, 6.45) is 5.57. The summed E-state index contributed by atoms with van der Waals surface area (Å²) in [6.45, 7) is 8.93. The minimum absolute atomic E-state index is 0. The maximum absolute atomic E-state index is 4.48. The number of hydrogen-bond acceptors (Lipinski definition) is 3. The largest absolute Gasteiger partial charge is 0.355 e. The summed E-state index contributed by atoms with van der Waals surface area (Å²) in [4.78, 5) is 9.40. The van der Waals surface area contributed by atoms with E-state index in [0.717, 1.165) is 38.2 Å². The molecule has 0 radical (unpaired) electrons. The van der Waals surface area contributed by atoms with Crippen LogP contribution in [0.2, 0.25) is 0 Å². The van der Waals surface area contributed by atoms with E-state index < -0.39 is 0 Å². The van der Waals surface area contributed by atoms with E-state index in [2.05, 4.69) is 52.8 Å². The molecule has 0 aromatic carbocycles. The first-order valence-corrected chi connectivity index (χ1v) is 9.30. The number of hydrogen-bond donors (Lipinski definition) is 1. The number of nitrogens with one attached hydrogen (secondary N) is 1. The van der Waals surface area contributed by atoms with Crippen molar-refractivity contribution in [2.45, 2.75) is 50.3 Å². The van der Waals surface area contributed by atoms with Gasteiger partial charge in [0.05, 0.1) is 0 Å². The summed E-state index contributed by atoms with van der Waals surface area (Å²) in [5.74, 6) is 2.26. The fourth-order valence-electron chi connectivity index (χ4n) is 3.40. The lowest BCUT2D eigenvalue weighted by atomic mass is 10.2. The van der Waals surface area contributed by atoms with Crippen molar-refractivity contribution >= 4 is 41.7 Å². The molecular weight excluding hydrogens is 407 g/mol. The average Bonchev–Trinajstić information content (AvgIpc) is 2.96. The van der Waals surface area contributed by atoms with E-state index in [0.29, 0.717) is 4.75 Å². The van der Waals surface area contributed by atoms with Crippen LogP contribution in [0.5, 0.6) is 0 Å². The second-order valence-electron chi connectivity index (χ2n) is 6.92. The smallest absolute Gasteiger partial charge is 0.193 e. The average molecular weight is 440 g/mol. The van der Waals surface area contributed by atoms with Gasteiger partial charge in [0.25, 0.3) is 0 Å². The lowest BCUT2D eigenvalue weighted by Crippen LogP contribution is -2.52. The van der Waals surface area contributed by atoms with Gasteiger partial charge in [-0.1, -0.05) is 12.8 Å². The zero-order chi connectivity index (χ0) is 15.3. The van der Waals surface area contributed by atoms with Crippen molar-refractivity contribution in [3.8, 4) is 0 Å². The predicted molar refractivity (Wildman–Crippen MR) is 110 cm³/mol. The topological polar surface area (TPSA) is 30.9 Å². The summed E-state index contributed by atoms with van der Waals surface area (Å²) in [6, 6.07) is 0.805. The molecule has 4 nitrogen and oxygen atoms in total. The van der Waals surface area contributed by atoms with Gasteiger partial charge in [-0.3, -0.25) is 4.99 Å². The SMILES string of the molecule is CN=C(NCCN(C)C1CCCC1)N1CCSC(C)(C)C1.I. The maximum atomic E-state index is 4.48. The molecule has 1 saturated carbocycles. The first kappa shape index (κ1) is 20.4. The zero-order valence-electron chi connectivity index (χ0n) is 14.6. The summed E-state index contributed by atoms with van der Waals surface area (Å²) in [5, 5.41) is 3.56. The number of rotatable bonds is 4. The molecule has 22 heavy (non-hydrogen) atoms. The van der Waals surface area contributed by atoms with Crippen LogP contribution in [0.3, 0.4) is 0 Å². The Balaban J connectivity index is 0.00000242. The van der Waals surface area contributed by atoms with E-state index in [1.165, 1.54) is 31.4 Å². The normalized spacial score (nSPS) is 22.8. The summed E-state index contributed by atoms with van der Waals surface area (Å²) >= 11 is 2.06. The van der Waals surface area contributed by atoms with Crippen molar-refractivity contribution < 1.29 is 0 Å². The first-order valence-electron chi connectivity index (χ1n) is 8.31. The number of halogens is 1.